The summed E-state index contributed by atoms with van der Waals surface area (Å²) < 4.78 is 11.4. The smallest absolute Gasteiger partial charge is 0.290 e. The fourth-order valence-electron chi connectivity index (χ4n) is 3.45. The molecule has 1 fully saturated rings. The average Bonchev–Trinajstić information content (AvgIpc) is 3.25. The van der Waals surface area contributed by atoms with Gasteiger partial charge in [0.2, 0.25) is 0 Å². The molecule has 4 rings (SSSR count). The lowest BCUT2D eigenvalue weighted by atomic mass is 10.1. The SMILES string of the molecule is Cc1ccc2c(C)c(C(=O)N3CCC[C@H]3c3ccco3)oc2c1. The first-order chi connectivity index (χ1) is 11.1. The zero-order valence-corrected chi connectivity index (χ0v) is 13.3. The van der Waals surface area contributed by atoms with E-state index in [0.29, 0.717) is 5.76 Å². The molecule has 0 unspecified atom stereocenters. The summed E-state index contributed by atoms with van der Waals surface area (Å²) in [6.07, 6.45) is 3.57. The van der Waals surface area contributed by atoms with Gasteiger partial charge in [0.25, 0.3) is 5.91 Å². The highest BCUT2D eigenvalue weighted by Crippen LogP contribution is 2.35. The fraction of sp³-hybridized carbons (Fsp3) is 0.316. The third-order valence-corrected chi connectivity index (χ3v) is 4.67. The molecule has 0 N–H and O–H groups in total. The number of aryl methyl sites for hydroxylation is 2. The van der Waals surface area contributed by atoms with Crippen molar-refractivity contribution in [1.82, 2.24) is 4.90 Å². The van der Waals surface area contributed by atoms with E-state index >= 15 is 0 Å². The summed E-state index contributed by atoms with van der Waals surface area (Å²) in [5.74, 6) is 1.25. The van der Waals surface area contributed by atoms with Crippen LogP contribution in [0.1, 0.15) is 46.3 Å². The van der Waals surface area contributed by atoms with E-state index < -0.39 is 0 Å². The van der Waals surface area contributed by atoms with Crippen LogP contribution in [0.5, 0.6) is 0 Å². The Labute approximate surface area is 134 Å². The van der Waals surface area contributed by atoms with Crippen molar-refractivity contribution in [3.8, 4) is 0 Å². The van der Waals surface area contributed by atoms with Crippen LogP contribution in [0.2, 0.25) is 0 Å². The monoisotopic (exact) mass is 309 g/mol. The molecule has 1 amide bonds. The van der Waals surface area contributed by atoms with Crippen LogP contribution >= 0.6 is 0 Å². The second-order valence-electron chi connectivity index (χ2n) is 6.23. The quantitative estimate of drug-likeness (QED) is 0.694. The van der Waals surface area contributed by atoms with Crippen molar-refractivity contribution in [1.29, 1.82) is 0 Å². The van der Waals surface area contributed by atoms with E-state index in [1.54, 1.807) is 6.26 Å². The van der Waals surface area contributed by atoms with E-state index in [2.05, 4.69) is 0 Å². The van der Waals surface area contributed by atoms with Gasteiger partial charge in [-0.3, -0.25) is 4.79 Å². The number of benzene rings is 1. The minimum atomic E-state index is -0.0461. The molecule has 4 nitrogen and oxygen atoms in total. The average molecular weight is 309 g/mol. The lowest BCUT2D eigenvalue weighted by Gasteiger charge is -2.22. The molecule has 3 aromatic rings. The Morgan fingerprint density at radius 2 is 2.13 bits per heavy atom. The molecule has 118 valence electrons. The summed E-state index contributed by atoms with van der Waals surface area (Å²) >= 11 is 0. The molecule has 0 bridgehead atoms. The number of hydrogen-bond donors (Lipinski definition) is 0. The van der Waals surface area contributed by atoms with Crippen LogP contribution in [0.15, 0.2) is 45.4 Å². The Morgan fingerprint density at radius 1 is 1.26 bits per heavy atom. The van der Waals surface area contributed by atoms with Gasteiger partial charge in [0.1, 0.15) is 11.3 Å². The summed E-state index contributed by atoms with van der Waals surface area (Å²) in [6.45, 7) is 4.71. The molecule has 4 heteroatoms. The molecule has 0 saturated carbocycles. The van der Waals surface area contributed by atoms with Crippen LogP contribution in [0.3, 0.4) is 0 Å². The van der Waals surface area contributed by atoms with E-state index in [0.717, 1.165) is 47.2 Å². The van der Waals surface area contributed by atoms with E-state index in [1.807, 2.05) is 49.1 Å². The first-order valence-corrected chi connectivity index (χ1v) is 7.99. The summed E-state index contributed by atoms with van der Waals surface area (Å²) in [5, 5.41) is 1.01. The molecule has 1 saturated heterocycles. The van der Waals surface area contributed by atoms with Crippen molar-refractivity contribution >= 4 is 16.9 Å². The number of furan rings is 2. The molecular weight excluding hydrogens is 290 g/mol. The minimum Gasteiger partial charge on any atom is -0.467 e. The predicted molar refractivity (Wildman–Crippen MR) is 87.4 cm³/mol. The van der Waals surface area contributed by atoms with Gasteiger partial charge in [-0.25, -0.2) is 0 Å². The molecular formula is C19H19NO3. The second-order valence-corrected chi connectivity index (χ2v) is 6.23. The number of carbonyl (C=O) groups excluding carboxylic acids is 1. The van der Waals surface area contributed by atoms with Gasteiger partial charge in [-0.1, -0.05) is 12.1 Å². The van der Waals surface area contributed by atoms with Gasteiger partial charge in [-0.15, -0.1) is 0 Å². The summed E-state index contributed by atoms with van der Waals surface area (Å²) in [7, 11) is 0. The van der Waals surface area contributed by atoms with E-state index in [1.165, 1.54) is 0 Å². The van der Waals surface area contributed by atoms with Crippen molar-refractivity contribution in [3.63, 3.8) is 0 Å². The molecule has 0 radical (unpaired) electrons. The lowest BCUT2D eigenvalue weighted by Crippen LogP contribution is -2.30. The largest absolute Gasteiger partial charge is 0.467 e. The van der Waals surface area contributed by atoms with Gasteiger partial charge in [-0.2, -0.15) is 0 Å². The normalized spacial score (nSPS) is 18.0. The predicted octanol–water partition coefficient (Wildman–Crippen LogP) is 4.62. The second kappa shape index (κ2) is 5.30. The standard InChI is InChI=1S/C19H19NO3/c1-12-7-8-14-13(2)18(23-17(14)11-12)19(21)20-9-3-5-15(20)16-6-4-10-22-16/h4,6-8,10-11,15H,3,5,9H2,1-2H3/t15-/m0/s1. The first-order valence-electron chi connectivity index (χ1n) is 7.99. The van der Waals surface area contributed by atoms with Gasteiger partial charge in [0.15, 0.2) is 5.76 Å². The maximum Gasteiger partial charge on any atom is 0.290 e. The Balaban J connectivity index is 1.72. The minimum absolute atomic E-state index is 0.00634. The third-order valence-electron chi connectivity index (χ3n) is 4.67. The molecule has 1 aromatic carbocycles. The fourth-order valence-corrected chi connectivity index (χ4v) is 3.45. The zero-order chi connectivity index (χ0) is 16.0. The van der Waals surface area contributed by atoms with E-state index in [9.17, 15) is 4.79 Å². The lowest BCUT2D eigenvalue weighted by molar-refractivity contribution is 0.0689. The first kappa shape index (κ1) is 14.1. The summed E-state index contributed by atoms with van der Waals surface area (Å²) in [6, 6.07) is 9.85. The maximum absolute atomic E-state index is 13.0. The van der Waals surface area contributed by atoms with Crippen LogP contribution in [0.25, 0.3) is 11.0 Å². The van der Waals surface area contributed by atoms with E-state index in [-0.39, 0.29) is 11.9 Å². The number of nitrogens with zero attached hydrogens (tertiary/aromatic N) is 1. The Kier molecular flexibility index (Phi) is 3.26. The number of rotatable bonds is 2. The Morgan fingerprint density at radius 3 is 2.91 bits per heavy atom. The molecule has 2 aromatic heterocycles. The molecule has 1 aliphatic rings. The van der Waals surface area contributed by atoms with Gasteiger partial charge < -0.3 is 13.7 Å². The van der Waals surface area contributed by atoms with Crippen molar-refractivity contribution in [3.05, 3.63) is 59.2 Å². The van der Waals surface area contributed by atoms with Gasteiger partial charge in [-0.05, 0) is 50.5 Å². The number of hydrogen-bond acceptors (Lipinski definition) is 3. The third kappa shape index (κ3) is 2.25. The molecule has 1 atom stereocenters. The number of fused-ring (bicyclic) bond motifs is 1. The van der Waals surface area contributed by atoms with Gasteiger partial charge >= 0.3 is 0 Å². The highest BCUT2D eigenvalue weighted by Gasteiger charge is 2.34. The zero-order valence-electron chi connectivity index (χ0n) is 13.3. The Bertz CT molecular complexity index is 860. The highest BCUT2D eigenvalue weighted by molar-refractivity contribution is 5.99. The maximum atomic E-state index is 13.0. The number of likely N-dealkylation sites (tertiary alicyclic amines) is 1. The summed E-state index contributed by atoms with van der Waals surface area (Å²) in [4.78, 5) is 14.9. The van der Waals surface area contributed by atoms with E-state index in [4.69, 9.17) is 8.83 Å². The van der Waals surface area contributed by atoms with Crippen LogP contribution in [0, 0.1) is 13.8 Å². The van der Waals surface area contributed by atoms with Crippen molar-refractivity contribution < 1.29 is 13.6 Å². The number of carbonyl (C=O) groups is 1. The van der Waals surface area contributed by atoms with Crippen molar-refractivity contribution in [2.24, 2.45) is 0 Å². The molecule has 0 aliphatic carbocycles. The van der Waals surface area contributed by atoms with Crippen LogP contribution in [-0.4, -0.2) is 17.4 Å². The topological polar surface area (TPSA) is 46.6 Å². The molecule has 1 aliphatic heterocycles. The number of amides is 1. The van der Waals surface area contributed by atoms with Crippen LogP contribution < -0.4 is 0 Å². The van der Waals surface area contributed by atoms with Crippen molar-refractivity contribution in [2.75, 3.05) is 6.54 Å². The van der Waals surface area contributed by atoms with Crippen LogP contribution in [-0.2, 0) is 0 Å². The molecule has 0 spiro atoms. The Hall–Kier alpha value is -2.49. The van der Waals surface area contributed by atoms with Gasteiger partial charge in [0.05, 0.1) is 12.3 Å². The van der Waals surface area contributed by atoms with Crippen molar-refractivity contribution in [2.45, 2.75) is 32.7 Å². The molecule has 3 heterocycles. The summed E-state index contributed by atoms with van der Waals surface area (Å²) in [5.41, 5.74) is 2.81. The molecule has 23 heavy (non-hydrogen) atoms. The van der Waals surface area contributed by atoms with Crippen LogP contribution in [0.4, 0.5) is 0 Å². The van der Waals surface area contributed by atoms with Gasteiger partial charge in [0, 0.05) is 17.5 Å². The highest BCUT2D eigenvalue weighted by atomic mass is 16.3.